The average molecular weight is 569 g/mol. The number of ether oxygens (including phenoxy) is 1. The van der Waals surface area contributed by atoms with E-state index in [-0.39, 0.29) is 88.1 Å². The summed E-state index contributed by atoms with van der Waals surface area (Å²) in [5.41, 5.74) is 3.85. The number of nitrogens with two attached hydrogens (primary N) is 1. The fraction of sp³-hybridized carbons (Fsp3) is 0.542. The van der Waals surface area contributed by atoms with Gasteiger partial charge in [0.05, 0.1) is 22.5 Å². The largest absolute Gasteiger partial charge is 1.00 e. The number of benzene rings is 1. The Bertz CT molecular complexity index is 1190. The minimum Gasteiger partial charge on any atom is -0.657 e. The van der Waals surface area contributed by atoms with Gasteiger partial charge in [0, 0.05) is 37.8 Å². The zero-order valence-electron chi connectivity index (χ0n) is 22.0. The summed E-state index contributed by atoms with van der Waals surface area (Å²) in [6, 6.07) is 0.746. The van der Waals surface area contributed by atoms with Gasteiger partial charge in [0.15, 0.2) is 5.82 Å². The van der Waals surface area contributed by atoms with Gasteiger partial charge in [-0.1, -0.05) is 0 Å². The van der Waals surface area contributed by atoms with E-state index >= 15 is 4.39 Å². The number of hydrogen-bond donors (Lipinski definition) is 3. The maximum Gasteiger partial charge on any atom is 1.00 e. The SMILES string of the molecule is Cc1c(F)c(N)cc(-c2nc3c(c(N4CC(C)(O)C4)c2F)C[N-]CCNN(C)CC(C)O3)c1C(F)(F)F.[K+]. The Hall–Kier alpha value is -1.10. The van der Waals surface area contributed by atoms with Gasteiger partial charge in [0.2, 0.25) is 5.88 Å². The molecule has 38 heavy (non-hydrogen) atoms. The van der Waals surface area contributed by atoms with Crippen molar-refractivity contribution in [2.75, 3.05) is 50.4 Å². The third-order valence-electron chi connectivity index (χ3n) is 6.38. The number of aliphatic hydroxyl groups is 1. The van der Waals surface area contributed by atoms with E-state index in [1.165, 1.54) is 4.90 Å². The van der Waals surface area contributed by atoms with Crippen molar-refractivity contribution in [2.24, 2.45) is 0 Å². The number of aromatic nitrogens is 1. The zero-order valence-corrected chi connectivity index (χ0v) is 25.1. The molecule has 0 spiro atoms. The van der Waals surface area contributed by atoms with Crippen LogP contribution in [0.3, 0.4) is 0 Å². The van der Waals surface area contributed by atoms with E-state index in [0.717, 1.165) is 13.0 Å². The van der Waals surface area contributed by atoms with Crippen molar-refractivity contribution in [3.05, 3.63) is 39.7 Å². The van der Waals surface area contributed by atoms with Gasteiger partial charge in [0.1, 0.15) is 17.6 Å². The molecule has 2 aliphatic rings. The van der Waals surface area contributed by atoms with E-state index in [9.17, 15) is 22.7 Å². The summed E-state index contributed by atoms with van der Waals surface area (Å²) in [6.07, 6.45) is -5.51. The van der Waals surface area contributed by atoms with Gasteiger partial charge in [0.25, 0.3) is 0 Å². The number of hydrogen-bond acceptors (Lipinski definition) is 7. The third-order valence-corrected chi connectivity index (χ3v) is 6.38. The van der Waals surface area contributed by atoms with E-state index in [2.05, 4.69) is 15.7 Å². The van der Waals surface area contributed by atoms with E-state index < -0.39 is 57.6 Å². The van der Waals surface area contributed by atoms with Gasteiger partial charge < -0.3 is 25.8 Å². The molecular weight excluding hydrogens is 538 g/mol. The Morgan fingerprint density at radius 2 is 1.92 bits per heavy atom. The molecule has 1 atom stereocenters. The summed E-state index contributed by atoms with van der Waals surface area (Å²) < 4.78 is 79.1. The van der Waals surface area contributed by atoms with Crippen molar-refractivity contribution >= 4 is 11.4 Å². The summed E-state index contributed by atoms with van der Waals surface area (Å²) >= 11 is 0. The molecule has 3 heterocycles. The first-order valence-electron chi connectivity index (χ1n) is 11.8. The summed E-state index contributed by atoms with van der Waals surface area (Å²) in [6.45, 7) is 5.61. The number of nitrogens with zero attached hydrogens (tertiary/aromatic N) is 4. The van der Waals surface area contributed by atoms with Gasteiger partial charge in [-0.2, -0.15) is 13.2 Å². The second-order valence-electron chi connectivity index (χ2n) is 9.91. The van der Waals surface area contributed by atoms with Gasteiger partial charge in [-0.05, 0) is 38.9 Å². The number of anilines is 2. The number of nitrogen functional groups attached to an aromatic ring is 1. The Morgan fingerprint density at radius 3 is 2.53 bits per heavy atom. The molecule has 2 aromatic rings. The van der Waals surface area contributed by atoms with E-state index in [1.54, 1.807) is 25.9 Å². The van der Waals surface area contributed by atoms with Crippen molar-refractivity contribution in [3.63, 3.8) is 0 Å². The van der Waals surface area contributed by atoms with Crippen molar-refractivity contribution in [1.82, 2.24) is 15.4 Å². The molecule has 0 bridgehead atoms. The maximum absolute atomic E-state index is 16.3. The van der Waals surface area contributed by atoms with Gasteiger partial charge >= 0.3 is 57.6 Å². The van der Waals surface area contributed by atoms with Crippen LogP contribution in [0.4, 0.5) is 33.3 Å². The smallest absolute Gasteiger partial charge is 0.657 e. The predicted molar refractivity (Wildman–Crippen MR) is 129 cm³/mol. The Balaban J connectivity index is 0.00000400. The van der Waals surface area contributed by atoms with Crippen LogP contribution < -0.4 is 72.2 Å². The molecule has 204 valence electrons. The fourth-order valence-electron chi connectivity index (χ4n) is 4.81. The topological polar surface area (TPSA) is 101 Å². The molecule has 0 amide bonds. The molecule has 1 aromatic heterocycles. The molecule has 8 nitrogen and oxygen atoms in total. The number of hydrazine groups is 1. The number of fused-ring (bicyclic) bond motifs is 1. The molecule has 1 aromatic carbocycles. The monoisotopic (exact) mass is 568 g/mol. The molecule has 1 saturated heterocycles. The van der Waals surface area contributed by atoms with Crippen LogP contribution in [0.25, 0.3) is 16.6 Å². The molecule has 14 heteroatoms. The van der Waals surface area contributed by atoms with Crippen LogP contribution >= 0.6 is 0 Å². The fourth-order valence-corrected chi connectivity index (χ4v) is 4.81. The number of halogens is 5. The summed E-state index contributed by atoms with van der Waals surface area (Å²) in [4.78, 5) is 5.74. The van der Waals surface area contributed by atoms with Crippen LogP contribution in [0.5, 0.6) is 5.88 Å². The van der Waals surface area contributed by atoms with Crippen LogP contribution in [0.1, 0.15) is 30.5 Å². The van der Waals surface area contributed by atoms with Crippen LogP contribution in [0.2, 0.25) is 0 Å². The van der Waals surface area contributed by atoms with Gasteiger partial charge in [-0.3, -0.25) is 5.43 Å². The van der Waals surface area contributed by atoms with Gasteiger partial charge in [-0.25, -0.2) is 18.8 Å². The molecule has 0 radical (unpaired) electrons. The molecule has 4 N–H and O–H groups in total. The average Bonchev–Trinajstić information content (AvgIpc) is 2.78. The van der Waals surface area contributed by atoms with Crippen LogP contribution in [0.15, 0.2) is 6.07 Å². The maximum atomic E-state index is 16.3. The van der Waals surface area contributed by atoms with E-state index in [0.29, 0.717) is 19.6 Å². The standard InChI is InChI=1S/C24H30F5N6O2.K/c1-12-9-34(4)32-6-5-31-8-15-21(35-10-23(3,36)11-35)19(26)20(33-22(15)37-12)14-7-16(30)18(25)13(2)17(14)24(27,28)29;/h7,12,32,36H,5-6,8-11,30H2,1-4H3;/q-1;+1. The third kappa shape index (κ3) is 6.44. The molecule has 0 aliphatic carbocycles. The molecule has 1 fully saturated rings. The van der Waals surface area contributed by atoms with Crippen molar-refractivity contribution in [3.8, 4) is 17.1 Å². The minimum atomic E-state index is -5.02. The molecular formula is C24H30F5KN6O2. The Morgan fingerprint density at radius 1 is 1.26 bits per heavy atom. The van der Waals surface area contributed by atoms with Crippen molar-refractivity contribution in [1.29, 1.82) is 0 Å². The van der Waals surface area contributed by atoms with Gasteiger partial charge in [-0.15, -0.1) is 13.1 Å². The number of alkyl halides is 3. The number of β-amino-alcohol motifs (C(OH)–C–C–N with tert-alkyl or cyclic N) is 1. The van der Waals surface area contributed by atoms with Crippen LogP contribution in [0, 0.1) is 18.6 Å². The second kappa shape index (κ2) is 11.8. The van der Waals surface area contributed by atoms with E-state index in [4.69, 9.17) is 10.5 Å². The first kappa shape index (κ1) is 31.4. The molecule has 1 unspecified atom stereocenters. The summed E-state index contributed by atoms with van der Waals surface area (Å²) in [7, 11) is 1.80. The van der Waals surface area contributed by atoms with E-state index in [1.807, 2.05) is 0 Å². The normalized spacial score (nSPS) is 20.5. The minimum absolute atomic E-state index is 0. The quantitative estimate of drug-likeness (QED) is 0.277. The number of rotatable bonds is 2. The first-order chi connectivity index (χ1) is 17.2. The number of nitrogens with one attached hydrogen (secondary N) is 1. The van der Waals surface area contributed by atoms with Crippen molar-refractivity contribution < 1.29 is 83.2 Å². The Kier molecular flexibility index (Phi) is 9.75. The number of pyridine rings is 1. The predicted octanol–water partition coefficient (Wildman–Crippen LogP) is 0.602. The second-order valence-corrected chi connectivity index (χ2v) is 9.91. The number of likely N-dealkylation sites (N-methyl/N-ethyl adjacent to an activating group) is 1. The molecule has 0 saturated carbocycles. The summed E-state index contributed by atoms with van der Waals surface area (Å²) in [5.74, 6) is -2.37. The first-order valence-corrected chi connectivity index (χ1v) is 11.8. The Labute approximate surface area is 260 Å². The molecule has 4 rings (SSSR count). The molecule has 2 aliphatic heterocycles. The zero-order chi connectivity index (χ0) is 27.3. The van der Waals surface area contributed by atoms with Crippen molar-refractivity contribution in [2.45, 2.75) is 45.2 Å². The van der Waals surface area contributed by atoms with Crippen LogP contribution in [-0.4, -0.2) is 66.6 Å². The summed E-state index contributed by atoms with van der Waals surface area (Å²) in [5, 5.41) is 16.5. The van der Waals surface area contributed by atoms with Crippen LogP contribution in [-0.2, 0) is 12.7 Å².